The lowest BCUT2D eigenvalue weighted by Gasteiger charge is -2.09. The molecule has 1 aromatic carbocycles. The molecule has 2 amide bonds. The molecule has 0 aromatic heterocycles. The van der Waals surface area contributed by atoms with Gasteiger partial charge in [-0.3, -0.25) is 9.59 Å². The Morgan fingerprint density at radius 2 is 1.87 bits per heavy atom. The van der Waals surface area contributed by atoms with Crippen LogP contribution in [0, 0.1) is 6.92 Å². The van der Waals surface area contributed by atoms with E-state index in [2.05, 4.69) is 5.32 Å². The Balaban J connectivity index is 2.28. The van der Waals surface area contributed by atoms with Gasteiger partial charge in [-0.15, -0.1) is 0 Å². The van der Waals surface area contributed by atoms with Gasteiger partial charge >= 0.3 is 12.1 Å². The van der Waals surface area contributed by atoms with Gasteiger partial charge in [-0.2, -0.15) is 13.2 Å². The summed E-state index contributed by atoms with van der Waals surface area (Å²) < 4.78 is 41.0. The minimum absolute atomic E-state index is 0.209. The number of rotatable bonds is 7. The van der Waals surface area contributed by atoms with E-state index >= 15 is 0 Å². The van der Waals surface area contributed by atoms with Gasteiger partial charge in [0.05, 0.1) is 7.11 Å². The molecule has 8 heteroatoms. The summed E-state index contributed by atoms with van der Waals surface area (Å²) in [5.41, 5.74) is 1.97. The minimum Gasteiger partial charge on any atom is -0.496 e. The average Bonchev–Trinajstić information content (AvgIpc) is 2.47. The van der Waals surface area contributed by atoms with Crippen molar-refractivity contribution in [3.63, 3.8) is 0 Å². The van der Waals surface area contributed by atoms with Crippen LogP contribution in [0.1, 0.15) is 17.5 Å². The van der Waals surface area contributed by atoms with Crippen molar-refractivity contribution in [1.29, 1.82) is 0 Å². The number of aryl methyl sites for hydroxylation is 1. The maximum atomic E-state index is 11.9. The van der Waals surface area contributed by atoms with E-state index in [0.29, 0.717) is 13.0 Å². The molecule has 0 spiro atoms. The first-order valence-corrected chi connectivity index (χ1v) is 6.99. The summed E-state index contributed by atoms with van der Waals surface area (Å²) in [6.45, 7) is 1.90. The van der Waals surface area contributed by atoms with Crippen LogP contribution in [-0.2, 0) is 16.0 Å². The fraction of sp³-hybridized carbons (Fsp3) is 0.467. The molecule has 1 rings (SSSR count). The lowest BCUT2D eigenvalue weighted by molar-refractivity contribution is -0.173. The number of benzene rings is 1. The first-order valence-electron chi connectivity index (χ1n) is 6.99. The van der Waals surface area contributed by atoms with Crippen LogP contribution in [0.2, 0.25) is 0 Å². The van der Waals surface area contributed by atoms with Gasteiger partial charge in [0, 0.05) is 19.5 Å². The molecule has 0 aliphatic rings. The molecule has 0 bridgehead atoms. The van der Waals surface area contributed by atoms with Gasteiger partial charge in [0.1, 0.15) is 5.75 Å². The van der Waals surface area contributed by atoms with Crippen molar-refractivity contribution >= 4 is 11.8 Å². The number of methoxy groups -OCH3 is 1. The van der Waals surface area contributed by atoms with Gasteiger partial charge in [0.25, 0.3) is 0 Å². The summed E-state index contributed by atoms with van der Waals surface area (Å²) in [7, 11) is 1.57. The van der Waals surface area contributed by atoms with Crippen LogP contribution in [0.5, 0.6) is 5.75 Å². The van der Waals surface area contributed by atoms with Crippen LogP contribution in [0.15, 0.2) is 18.2 Å². The second-order valence-electron chi connectivity index (χ2n) is 4.91. The van der Waals surface area contributed by atoms with E-state index in [1.54, 1.807) is 12.4 Å². The zero-order valence-electron chi connectivity index (χ0n) is 12.9. The molecule has 0 atom stereocenters. The quantitative estimate of drug-likeness (QED) is 0.799. The monoisotopic (exact) mass is 332 g/mol. The number of nitrogens with one attached hydrogen (secondary N) is 2. The Kier molecular flexibility index (Phi) is 6.87. The molecule has 0 aliphatic carbocycles. The standard InChI is InChI=1S/C15H19F3N2O3/c1-10-3-4-11(9-12(10)23-2)5-7-19-13(21)6-8-20-14(22)15(16,17)18/h3-4,9H,5-8H2,1-2H3,(H,19,21)(H,20,22). The fourth-order valence-electron chi connectivity index (χ4n) is 1.84. The van der Waals surface area contributed by atoms with Gasteiger partial charge < -0.3 is 15.4 Å². The lowest BCUT2D eigenvalue weighted by atomic mass is 10.1. The van der Waals surface area contributed by atoms with Crippen LogP contribution < -0.4 is 15.4 Å². The van der Waals surface area contributed by atoms with E-state index < -0.39 is 18.0 Å². The highest BCUT2D eigenvalue weighted by Crippen LogP contribution is 2.19. The Bertz CT molecular complexity index is 559. The van der Waals surface area contributed by atoms with Crippen molar-refractivity contribution in [2.45, 2.75) is 25.9 Å². The third kappa shape index (κ3) is 6.58. The first kappa shape index (κ1) is 18.8. The number of amides is 2. The zero-order valence-corrected chi connectivity index (χ0v) is 12.9. The second kappa shape index (κ2) is 8.40. The van der Waals surface area contributed by atoms with Crippen LogP contribution >= 0.6 is 0 Å². The van der Waals surface area contributed by atoms with Crippen molar-refractivity contribution in [2.75, 3.05) is 20.2 Å². The highest BCUT2D eigenvalue weighted by Gasteiger charge is 2.38. The molecule has 0 saturated carbocycles. The molecule has 0 aliphatic heterocycles. The highest BCUT2D eigenvalue weighted by molar-refractivity contribution is 5.82. The molecule has 23 heavy (non-hydrogen) atoms. The smallest absolute Gasteiger partial charge is 0.471 e. The summed E-state index contributed by atoms with van der Waals surface area (Å²) in [5, 5.41) is 4.23. The number of carbonyl (C=O) groups excluding carboxylic acids is 2. The molecule has 0 unspecified atom stereocenters. The molecule has 2 N–H and O–H groups in total. The number of ether oxygens (including phenoxy) is 1. The van der Waals surface area contributed by atoms with Crippen LogP contribution in [0.3, 0.4) is 0 Å². The molecular weight excluding hydrogens is 313 g/mol. The molecule has 5 nitrogen and oxygen atoms in total. The van der Waals surface area contributed by atoms with E-state index in [1.165, 1.54) is 0 Å². The molecule has 0 radical (unpaired) electrons. The summed E-state index contributed by atoms with van der Waals surface area (Å²) in [6, 6.07) is 5.68. The summed E-state index contributed by atoms with van der Waals surface area (Å²) in [4.78, 5) is 22.0. The normalized spacial score (nSPS) is 11.0. The molecule has 0 fully saturated rings. The number of hydrogen-bond donors (Lipinski definition) is 2. The fourth-order valence-corrected chi connectivity index (χ4v) is 1.84. The van der Waals surface area contributed by atoms with Crippen molar-refractivity contribution < 1.29 is 27.5 Å². The third-order valence-corrected chi connectivity index (χ3v) is 3.10. The van der Waals surface area contributed by atoms with Crippen molar-refractivity contribution in [3.8, 4) is 5.75 Å². The Morgan fingerprint density at radius 1 is 1.17 bits per heavy atom. The first-order chi connectivity index (χ1) is 10.7. The van der Waals surface area contributed by atoms with Gasteiger partial charge in [0.15, 0.2) is 0 Å². The Labute approximate surface area is 132 Å². The van der Waals surface area contributed by atoms with Gasteiger partial charge in [-0.05, 0) is 30.5 Å². The zero-order chi connectivity index (χ0) is 17.5. The number of carbonyl (C=O) groups is 2. The van der Waals surface area contributed by atoms with Gasteiger partial charge in [0.2, 0.25) is 5.91 Å². The minimum atomic E-state index is -4.93. The average molecular weight is 332 g/mol. The van der Waals surface area contributed by atoms with E-state index in [1.807, 2.05) is 25.1 Å². The van der Waals surface area contributed by atoms with Crippen LogP contribution in [0.25, 0.3) is 0 Å². The van der Waals surface area contributed by atoms with Crippen molar-refractivity contribution in [1.82, 2.24) is 10.6 Å². The number of hydrogen-bond acceptors (Lipinski definition) is 3. The Hall–Kier alpha value is -2.25. The van der Waals surface area contributed by atoms with E-state index in [9.17, 15) is 22.8 Å². The second-order valence-corrected chi connectivity index (χ2v) is 4.91. The topological polar surface area (TPSA) is 67.4 Å². The molecule has 0 saturated heterocycles. The van der Waals surface area contributed by atoms with Crippen molar-refractivity contribution in [3.05, 3.63) is 29.3 Å². The predicted molar refractivity (Wildman–Crippen MR) is 78.1 cm³/mol. The molecule has 0 heterocycles. The predicted octanol–water partition coefficient (Wildman–Crippen LogP) is 1.73. The summed E-state index contributed by atoms with van der Waals surface area (Å²) in [6.07, 6.45) is -4.57. The van der Waals surface area contributed by atoms with Crippen LogP contribution in [-0.4, -0.2) is 38.2 Å². The highest BCUT2D eigenvalue weighted by atomic mass is 19.4. The number of halogens is 3. The SMILES string of the molecule is COc1cc(CCNC(=O)CCNC(=O)C(F)(F)F)ccc1C. The number of alkyl halides is 3. The maximum Gasteiger partial charge on any atom is 0.471 e. The van der Waals surface area contributed by atoms with E-state index in [0.717, 1.165) is 16.9 Å². The van der Waals surface area contributed by atoms with Gasteiger partial charge in [-0.1, -0.05) is 12.1 Å². The van der Waals surface area contributed by atoms with Gasteiger partial charge in [-0.25, -0.2) is 0 Å². The third-order valence-electron chi connectivity index (χ3n) is 3.10. The largest absolute Gasteiger partial charge is 0.496 e. The molecular formula is C15H19F3N2O3. The molecule has 1 aromatic rings. The van der Waals surface area contributed by atoms with Crippen molar-refractivity contribution in [2.24, 2.45) is 0 Å². The van der Waals surface area contributed by atoms with E-state index in [4.69, 9.17) is 4.74 Å². The van der Waals surface area contributed by atoms with E-state index in [-0.39, 0.29) is 13.0 Å². The maximum absolute atomic E-state index is 11.9. The Morgan fingerprint density at radius 3 is 2.48 bits per heavy atom. The summed E-state index contributed by atoms with van der Waals surface area (Å²) in [5.74, 6) is -1.72. The summed E-state index contributed by atoms with van der Waals surface area (Å²) >= 11 is 0. The molecule has 128 valence electrons. The lowest BCUT2D eigenvalue weighted by Crippen LogP contribution is -2.39. The van der Waals surface area contributed by atoms with Crippen LogP contribution in [0.4, 0.5) is 13.2 Å².